The van der Waals surface area contributed by atoms with Gasteiger partial charge in [-0.3, -0.25) is 4.52 Å². The van der Waals surface area contributed by atoms with Gasteiger partial charge in [-0.15, -0.1) is 0 Å². The Labute approximate surface area is 205 Å². The number of rotatable bonds is 10. The maximum Gasteiger partial charge on any atom is 0.408 e. The lowest BCUT2D eigenvalue weighted by atomic mass is 10.2. The molecule has 4 rings (SSSR count). The third-order valence-corrected chi connectivity index (χ3v) is 7.14. The molecular weight excluding hydrogens is 461 g/mol. The summed E-state index contributed by atoms with van der Waals surface area (Å²) in [7, 11) is -4.00. The predicted octanol–water partition coefficient (Wildman–Crippen LogP) is 7.10. The molecule has 0 aromatic heterocycles. The van der Waals surface area contributed by atoms with Crippen molar-refractivity contribution in [2.24, 2.45) is 0 Å². The number of carbonyl (C=O) groups excluding carboxylic acids is 1. The second-order valence-electron chi connectivity index (χ2n) is 7.72. The van der Waals surface area contributed by atoms with Crippen LogP contribution >= 0.6 is 7.60 Å². The van der Waals surface area contributed by atoms with Crippen LogP contribution < -0.4 is 9.84 Å². The van der Waals surface area contributed by atoms with Crippen molar-refractivity contribution < 1.29 is 23.1 Å². The quantitative estimate of drug-likeness (QED) is 0.242. The van der Waals surface area contributed by atoms with E-state index in [9.17, 15) is 9.36 Å². The molecule has 0 bridgehead atoms. The van der Waals surface area contributed by atoms with Crippen LogP contribution in [0.2, 0.25) is 0 Å². The second-order valence-corrected chi connectivity index (χ2v) is 9.76. The van der Waals surface area contributed by atoms with Gasteiger partial charge in [0.25, 0.3) is 0 Å². The Kier molecular flexibility index (Phi) is 8.34. The molecule has 1 N–H and O–H groups in total. The van der Waals surface area contributed by atoms with Crippen LogP contribution in [0.25, 0.3) is 0 Å². The Bertz CT molecular complexity index is 1240. The van der Waals surface area contributed by atoms with E-state index in [1.807, 2.05) is 72.8 Å². The summed E-state index contributed by atoms with van der Waals surface area (Å²) in [6.45, 7) is 0.109. The summed E-state index contributed by atoms with van der Waals surface area (Å²) >= 11 is 0. The standard InChI is InChI=1S/C28H26NO5P/c30-28(32-21-23-13-5-1-6-14-23)29-27(25-17-9-3-10-18-25)35(31,34-26-19-11-4-12-20-26)33-22-24-15-7-2-8-16-24/h1-20,27H,21-22H2,(H,29,30). The van der Waals surface area contributed by atoms with Crippen molar-refractivity contribution >= 4 is 13.7 Å². The van der Waals surface area contributed by atoms with Gasteiger partial charge in [-0.05, 0) is 28.8 Å². The summed E-state index contributed by atoms with van der Waals surface area (Å²) < 4.78 is 31.7. The number of benzene rings is 4. The van der Waals surface area contributed by atoms with Crippen molar-refractivity contribution in [3.63, 3.8) is 0 Å². The molecule has 0 saturated carbocycles. The zero-order valence-electron chi connectivity index (χ0n) is 19.0. The van der Waals surface area contributed by atoms with Crippen molar-refractivity contribution in [3.05, 3.63) is 138 Å². The zero-order chi connectivity index (χ0) is 24.3. The molecule has 0 aliphatic rings. The predicted molar refractivity (Wildman–Crippen MR) is 135 cm³/mol. The van der Waals surface area contributed by atoms with Crippen LogP contribution in [0, 0.1) is 0 Å². The first-order valence-corrected chi connectivity index (χ1v) is 12.8. The maximum absolute atomic E-state index is 14.4. The van der Waals surface area contributed by atoms with Gasteiger partial charge < -0.3 is 14.6 Å². The highest BCUT2D eigenvalue weighted by molar-refractivity contribution is 7.54. The molecule has 0 aliphatic carbocycles. The first-order chi connectivity index (χ1) is 17.1. The van der Waals surface area contributed by atoms with E-state index < -0.39 is 19.5 Å². The number of ether oxygens (including phenoxy) is 1. The van der Waals surface area contributed by atoms with E-state index in [0.29, 0.717) is 11.3 Å². The largest absolute Gasteiger partial charge is 0.445 e. The molecule has 7 heteroatoms. The highest BCUT2D eigenvalue weighted by Crippen LogP contribution is 2.59. The van der Waals surface area contributed by atoms with Gasteiger partial charge in [-0.25, -0.2) is 9.36 Å². The van der Waals surface area contributed by atoms with Crippen LogP contribution in [0.4, 0.5) is 4.79 Å². The van der Waals surface area contributed by atoms with E-state index >= 15 is 0 Å². The van der Waals surface area contributed by atoms with Crippen LogP contribution in [-0.4, -0.2) is 6.09 Å². The van der Waals surface area contributed by atoms with E-state index in [1.165, 1.54) is 0 Å². The Hall–Kier alpha value is -3.86. The van der Waals surface area contributed by atoms with Gasteiger partial charge in [-0.2, -0.15) is 0 Å². The molecule has 4 aromatic rings. The third kappa shape index (κ3) is 7.06. The van der Waals surface area contributed by atoms with Gasteiger partial charge in [0.15, 0.2) is 5.78 Å². The number of hydrogen-bond acceptors (Lipinski definition) is 5. The van der Waals surface area contributed by atoms with Crippen molar-refractivity contribution in [1.29, 1.82) is 0 Å². The summed E-state index contributed by atoms with van der Waals surface area (Å²) in [6.07, 6.45) is -0.733. The minimum Gasteiger partial charge on any atom is -0.445 e. The molecule has 0 heterocycles. The molecular formula is C28H26NO5P. The minimum absolute atomic E-state index is 0.0367. The fourth-order valence-corrected chi connectivity index (χ4v) is 5.23. The molecule has 0 saturated heterocycles. The van der Waals surface area contributed by atoms with Gasteiger partial charge in [-0.1, -0.05) is 109 Å². The normalized spacial score (nSPS) is 13.3. The molecule has 6 nitrogen and oxygen atoms in total. The molecule has 0 radical (unpaired) electrons. The van der Waals surface area contributed by atoms with Crippen LogP contribution in [0.15, 0.2) is 121 Å². The van der Waals surface area contributed by atoms with E-state index in [0.717, 1.165) is 11.1 Å². The molecule has 2 unspecified atom stereocenters. The van der Waals surface area contributed by atoms with E-state index in [-0.39, 0.29) is 13.2 Å². The number of alkyl carbamates (subject to hydrolysis) is 1. The van der Waals surface area contributed by atoms with Crippen LogP contribution in [0.1, 0.15) is 22.5 Å². The van der Waals surface area contributed by atoms with E-state index in [1.54, 1.807) is 48.5 Å². The molecule has 0 fully saturated rings. The number of para-hydroxylation sites is 1. The zero-order valence-corrected chi connectivity index (χ0v) is 19.9. The summed E-state index contributed by atoms with van der Waals surface area (Å²) in [5, 5.41) is 2.73. The van der Waals surface area contributed by atoms with Gasteiger partial charge in [0.05, 0.1) is 6.61 Å². The first kappa shape index (κ1) is 24.3. The molecule has 0 spiro atoms. The number of amides is 1. The van der Waals surface area contributed by atoms with E-state index in [2.05, 4.69) is 5.32 Å². The number of hydrogen-bond donors (Lipinski definition) is 1. The lowest BCUT2D eigenvalue weighted by Gasteiger charge is -2.28. The van der Waals surface area contributed by atoms with Gasteiger partial charge >= 0.3 is 13.7 Å². The molecule has 35 heavy (non-hydrogen) atoms. The summed E-state index contributed by atoms with van der Waals surface area (Å²) in [5.41, 5.74) is 2.22. The lowest BCUT2D eigenvalue weighted by Crippen LogP contribution is -2.30. The van der Waals surface area contributed by atoms with Gasteiger partial charge in [0.2, 0.25) is 0 Å². The summed E-state index contributed by atoms with van der Waals surface area (Å²) in [5.74, 6) is -0.736. The lowest BCUT2D eigenvalue weighted by molar-refractivity contribution is 0.136. The second kappa shape index (κ2) is 12.0. The molecule has 178 valence electrons. The average molecular weight is 487 g/mol. The third-order valence-electron chi connectivity index (χ3n) is 5.13. The number of carbonyl (C=O) groups is 1. The molecule has 1 amide bonds. The maximum atomic E-state index is 14.4. The topological polar surface area (TPSA) is 73.9 Å². The SMILES string of the molecule is O=C(NC(c1ccccc1)P(=O)(OCc1ccccc1)Oc1ccccc1)OCc1ccccc1. The highest BCUT2D eigenvalue weighted by atomic mass is 31.2. The van der Waals surface area contributed by atoms with Gasteiger partial charge in [0.1, 0.15) is 12.4 Å². The van der Waals surface area contributed by atoms with Crippen molar-refractivity contribution in [3.8, 4) is 5.75 Å². The van der Waals surface area contributed by atoms with Crippen LogP contribution in [0.3, 0.4) is 0 Å². The Morgan fingerprint density at radius 2 is 1.17 bits per heavy atom. The first-order valence-electron chi connectivity index (χ1n) is 11.2. The fourth-order valence-electron chi connectivity index (χ4n) is 3.38. The molecule has 0 aliphatic heterocycles. The Balaban J connectivity index is 1.61. The summed E-state index contributed by atoms with van der Waals surface area (Å²) in [6, 6.07) is 36.4. The highest BCUT2D eigenvalue weighted by Gasteiger charge is 2.40. The van der Waals surface area contributed by atoms with Crippen molar-refractivity contribution in [1.82, 2.24) is 5.32 Å². The monoisotopic (exact) mass is 487 g/mol. The fraction of sp³-hybridized carbons (Fsp3) is 0.107. The Morgan fingerprint density at radius 3 is 1.74 bits per heavy atom. The Morgan fingerprint density at radius 1 is 0.686 bits per heavy atom. The van der Waals surface area contributed by atoms with Gasteiger partial charge in [0, 0.05) is 0 Å². The van der Waals surface area contributed by atoms with Crippen LogP contribution in [0.5, 0.6) is 5.75 Å². The molecule has 4 aromatic carbocycles. The van der Waals surface area contributed by atoms with E-state index in [4.69, 9.17) is 13.8 Å². The smallest absolute Gasteiger partial charge is 0.408 e. The summed E-state index contributed by atoms with van der Waals surface area (Å²) in [4.78, 5) is 12.8. The van der Waals surface area contributed by atoms with Crippen molar-refractivity contribution in [2.75, 3.05) is 0 Å². The van der Waals surface area contributed by atoms with Crippen LogP contribution in [-0.2, 0) is 27.0 Å². The average Bonchev–Trinajstić information content (AvgIpc) is 2.92. The van der Waals surface area contributed by atoms with Crippen molar-refractivity contribution in [2.45, 2.75) is 19.0 Å². The minimum atomic E-state index is -4.00. The number of nitrogens with one attached hydrogen (secondary N) is 1. The molecule has 2 atom stereocenters.